The van der Waals surface area contributed by atoms with Gasteiger partial charge in [0.15, 0.2) is 0 Å². The number of carboxylic acids is 1. The van der Waals surface area contributed by atoms with Crippen molar-refractivity contribution in [2.45, 2.75) is 20.8 Å². The number of nitrogens with zero attached hydrogens (tertiary/aromatic N) is 2. The van der Waals surface area contributed by atoms with E-state index in [1.54, 1.807) is 19.2 Å². The lowest BCUT2D eigenvalue weighted by atomic mass is 10.1. The maximum Gasteiger partial charge on any atom is 0.335 e. The summed E-state index contributed by atoms with van der Waals surface area (Å²) in [5, 5.41) is 9.16. The molecule has 0 bridgehead atoms. The number of rotatable bonds is 5. The van der Waals surface area contributed by atoms with Crippen LogP contribution in [0.5, 0.6) is 5.75 Å². The molecule has 1 heterocycles. The first-order valence-electron chi connectivity index (χ1n) is 8.62. The molecule has 2 aromatic carbocycles. The van der Waals surface area contributed by atoms with Crippen molar-refractivity contribution < 1.29 is 14.6 Å². The first kappa shape index (κ1) is 18.5. The van der Waals surface area contributed by atoms with Crippen molar-refractivity contribution in [2.24, 2.45) is 4.99 Å². The number of carboxylic acid groups (broad SMARTS) is 1. The third-order valence-electron chi connectivity index (χ3n) is 4.58. The molecular weight excluding hydrogens is 340 g/mol. The predicted molar refractivity (Wildman–Crippen MR) is 107 cm³/mol. The van der Waals surface area contributed by atoms with Gasteiger partial charge in [0.05, 0.1) is 18.4 Å². The monoisotopic (exact) mass is 362 g/mol. The smallest absolute Gasteiger partial charge is 0.335 e. The minimum Gasteiger partial charge on any atom is -0.497 e. The van der Waals surface area contributed by atoms with Crippen LogP contribution in [0.15, 0.2) is 53.5 Å². The molecule has 0 atom stereocenters. The Morgan fingerprint density at radius 1 is 1.07 bits per heavy atom. The van der Waals surface area contributed by atoms with Crippen LogP contribution in [0.1, 0.15) is 32.9 Å². The molecule has 0 aliphatic carbocycles. The van der Waals surface area contributed by atoms with Gasteiger partial charge in [-0.15, -0.1) is 0 Å². The maximum atomic E-state index is 11.2. The number of aromatic carboxylic acids is 1. The van der Waals surface area contributed by atoms with E-state index >= 15 is 0 Å². The van der Waals surface area contributed by atoms with Gasteiger partial charge in [0.25, 0.3) is 0 Å². The van der Waals surface area contributed by atoms with E-state index in [0.29, 0.717) is 5.56 Å². The molecule has 27 heavy (non-hydrogen) atoms. The zero-order valence-corrected chi connectivity index (χ0v) is 15.9. The van der Waals surface area contributed by atoms with Crippen molar-refractivity contribution in [1.82, 2.24) is 4.57 Å². The lowest BCUT2D eigenvalue weighted by molar-refractivity contribution is 0.0697. The number of carbonyl (C=O) groups is 1. The maximum absolute atomic E-state index is 11.2. The van der Waals surface area contributed by atoms with E-state index in [1.165, 1.54) is 0 Å². The third kappa shape index (κ3) is 3.77. The highest BCUT2D eigenvalue weighted by Gasteiger charge is 2.13. The van der Waals surface area contributed by atoms with Crippen molar-refractivity contribution in [3.63, 3.8) is 0 Å². The lowest BCUT2D eigenvalue weighted by Gasteiger charge is -2.13. The second kappa shape index (κ2) is 7.50. The Balaban J connectivity index is 1.95. The lowest BCUT2D eigenvalue weighted by Crippen LogP contribution is -2.04. The quantitative estimate of drug-likeness (QED) is 0.659. The minimum absolute atomic E-state index is 0.292. The Morgan fingerprint density at radius 2 is 1.78 bits per heavy atom. The summed E-state index contributed by atoms with van der Waals surface area (Å²) in [7, 11) is 1.64. The molecule has 5 nitrogen and oxygen atoms in total. The van der Waals surface area contributed by atoms with Crippen LogP contribution in [0, 0.1) is 20.8 Å². The Labute approximate surface area is 158 Å². The highest BCUT2D eigenvalue weighted by molar-refractivity contribution is 5.88. The number of methoxy groups -OCH3 is 1. The van der Waals surface area contributed by atoms with E-state index in [9.17, 15) is 4.79 Å². The summed E-state index contributed by atoms with van der Waals surface area (Å²) in [6, 6.07) is 14.8. The Hall–Kier alpha value is -3.34. The van der Waals surface area contributed by atoms with Crippen LogP contribution in [-0.2, 0) is 0 Å². The van der Waals surface area contributed by atoms with Gasteiger partial charge in [-0.3, -0.25) is 4.99 Å². The van der Waals surface area contributed by atoms with Gasteiger partial charge in [0.1, 0.15) is 5.75 Å². The van der Waals surface area contributed by atoms with E-state index in [-0.39, 0.29) is 0 Å². The topological polar surface area (TPSA) is 63.8 Å². The Kier molecular flexibility index (Phi) is 5.12. The van der Waals surface area contributed by atoms with E-state index in [1.807, 2.05) is 57.3 Å². The summed E-state index contributed by atoms with van der Waals surface area (Å²) >= 11 is 0. The van der Waals surface area contributed by atoms with Gasteiger partial charge < -0.3 is 14.4 Å². The number of hydrogen-bond donors (Lipinski definition) is 1. The summed E-state index contributed by atoms with van der Waals surface area (Å²) in [6.07, 6.45) is 1.85. The summed E-state index contributed by atoms with van der Waals surface area (Å²) in [5.41, 5.74) is 6.16. The summed E-state index contributed by atoms with van der Waals surface area (Å²) in [5.74, 6) is -0.120. The predicted octanol–water partition coefficient (Wildman–Crippen LogP) is 4.86. The molecule has 0 saturated carbocycles. The first-order valence-corrected chi connectivity index (χ1v) is 8.62. The van der Waals surface area contributed by atoms with E-state index in [4.69, 9.17) is 9.84 Å². The highest BCUT2D eigenvalue weighted by Crippen LogP contribution is 2.24. The van der Waals surface area contributed by atoms with Crippen molar-refractivity contribution >= 4 is 17.9 Å². The molecule has 138 valence electrons. The molecule has 0 spiro atoms. The van der Waals surface area contributed by atoms with Crippen LogP contribution >= 0.6 is 0 Å². The average Bonchev–Trinajstić information content (AvgIpc) is 2.94. The van der Waals surface area contributed by atoms with Gasteiger partial charge in [-0.1, -0.05) is 0 Å². The van der Waals surface area contributed by atoms with Gasteiger partial charge in [0, 0.05) is 28.9 Å². The van der Waals surface area contributed by atoms with Crippen LogP contribution < -0.4 is 4.74 Å². The summed E-state index contributed by atoms with van der Waals surface area (Å²) < 4.78 is 7.28. The van der Waals surface area contributed by atoms with Gasteiger partial charge in [-0.2, -0.15) is 0 Å². The molecular formula is C22H22N2O3. The fraction of sp³-hybridized carbons (Fsp3) is 0.182. The van der Waals surface area contributed by atoms with Gasteiger partial charge >= 0.3 is 5.97 Å². The number of aromatic nitrogens is 1. The molecule has 0 amide bonds. The molecule has 0 radical (unpaired) electrons. The van der Waals surface area contributed by atoms with Crippen molar-refractivity contribution in [3.8, 4) is 11.4 Å². The third-order valence-corrected chi connectivity index (χ3v) is 4.58. The standard InChI is InChI=1S/C22H22N2O3/c1-14-11-17(22(25)26)5-10-21(14)24-15(2)12-18(16(24)3)13-23-19-6-8-20(27-4)9-7-19/h5-13H,1-4H3,(H,25,26). The Morgan fingerprint density at radius 3 is 2.37 bits per heavy atom. The number of ether oxygens (including phenoxy) is 1. The number of aliphatic imine (C=N–C) groups is 1. The molecule has 0 fully saturated rings. The molecule has 3 rings (SSSR count). The minimum atomic E-state index is -0.919. The van der Waals surface area contributed by atoms with Gasteiger partial charge in [0.2, 0.25) is 0 Å². The Bertz CT molecular complexity index is 1010. The van der Waals surface area contributed by atoms with Crippen LogP contribution in [-0.4, -0.2) is 29.0 Å². The molecule has 3 aromatic rings. The van der Waals surface area contributed by atoms with Crippen LogP contribution in [0.25, 0.3) is 5.69 Å². The van der Waals surface area contributed by atoms with E-state index < -0.39 is 5.97 Å². The number of hydrogen-bond acceptors (Lipinski definition) is 3. The van der Waals surface area contributed by atoms with Gasteiger partial charge in [-0.25, -0.2) is 4.79 Å². The zero-order chi connectivity index (χ0) is 19.6. The van der Waals surface area contributed by atoms with Crippen LogP contribution in [0.4, 0.5) is 5.69 Å². The summed E-state index contributed by atoms with van der Waals surface area (Å²) in [4.78, 5) is 15.7. The largest absolute Gasteiger partial charge is 0.497 e. The number of aryl methyl sites for hydroxylation is 2. The number of benzene rings is 2. The highest BCUT2D eigenvalue weighted by atomic mass is 16.5. The second-order valence-corrected chi connectivity index (χ2v) is 6.42. The van der Waals surface area contributed by atoms with Gasteiger partial charge in [-0.05, 0) is 74.9 Å². The van der Waals surface area contributed by atoms with Crippen LogP contribution in [0.2, 0.25) is 0 Å². The zero-order valence-electron chi connectivity index (χ0n) is 15.9. The van der Waals surface area contributed by atoms with Crippen LogP contribution in [0.3, 0.4) is 0 Å². The molecule has 0 aliphatic heterocycles. The molecule has 0 unspecified atom stereocenters. The average molecular weight is 362 g/mol. The second-order valence-electron chi connectivity index (χ2n) is 6.42. The SMILES string of the molecule is COc1ccc(N=Cc2cc(C)n(-c3ccc(C(=O)O)cc3C)c2C)cc1. The molecule has 1 N–H and O–H groups in total. The summed E-state index contributed by atoms with van der Waals surface area (Å²) in [6.45, 7) is 5.99. The van der Waals surface area contributed by atoms with E-state index in [2.05, 4.69) is 15.6 Å². The molecule has 1 aromatic heterocycles. The molecule has 0 aliphatic rings. The molecule has 5 heteroatoms. The fourth-order valence-corrected chi connectivity index (χ4v) is 3.14. The first-order chi connectivity index (χ1) is 12.9. The fourth-order valence-electron chi connectivity index (χ4n) is 3.14. The van der Waals surface area contributed by atoms with Crippen molar-refractivity contribution in [1.29, 1.82) is 0 Å². The molecule has 0 saturated heterocycles. The van der Waals surface area contributed by atoms with Crippen molar-refractivity contribution in [3.05, 3.63) is 76.6 Å². The van der Waals surface area contributed by atoms with Crippen molar-refractivity contribution in [2.75, 3.05) is 7.11 Å². The normalized spacial score (nSPS) is 11.1. The van der Waals surface area contributed by atoms with E-state index in [0.717, 1.165) is 39.6 Å².